The van der Waals surface area contributed by atoms with Gasteiger partial charge >= 0.3 is 6.18 Å². The van der Waals surface area contributed by atoms with E-state index < -0.39 is 39.5 Å². The van der Waals surface area contributed by atoms with Gasteiger partial charge in [-0.1, -0.05) is 0 Å². The molecule has 0 fully saturated rings. The van der Waals surface area contributed by atoms with Gasteiger partial charge in [0.1, 0.15) is 30.8 Å². The predicted octanol–water partition coefficient (Wildman–Crippen LogP) is 2.88. The first kappa shape index (κ1) is 24.3. The first-order valence-electron chi connectivity index (χ1n) is 9.62. The molecule has 0 bridgehead atoms. The summed E-state index contributed by atoms with van der Waals surface area (Å²) < 4.78 is 67.1. The van der Waals surface area contributed by atoms with Crippen molar-refractivity contribution in [1.82, 2.24) is 20.2 Å². The number of alkyl halides is 3. The van der Waals surface area contributed by atoms with Crippen LogP contribution in [0.4, 0.5) is 22.0 Å². The van der Waals surface area contributed by atoms with Gasteiger partial charge in [0.15, 0.2) is 5.60 Å². The molecule has 1 heterocycles. The fourth-order valence-corrected chi connectivity index (χ4v) is 3.51. The Hall–Kier alpha value is -3.38. The number of carbonyl (C=O) groups is 1. The van der Waals surface area contributed by atoms with Crippen LogP contribution in [0.15, 0.2) is 55.1 Å². The van der Waals surface area contributed by atoms with Crippen molar-refractivity contribution in [2.75, 3.05) is 20.6 Å². The molecular formula is C21H21F5N5O2+. The van der Waals surface area contributed by atoms with Crippen molar-refractivity contribution in [3.63, 3.8) is 0 Å². The van der Waals surface area contributed by atoms with Crippen molar-refractivity contribution in [1.29, 1.82) is 0 Å². The molecular weight excluding hydrogens is 449 g/mol. The van der Waals surface area contributed by atoms with Crippen LogP contribution >= 0.6 is 0 Å². The third-order valence-electron chi connectivity index (χ3n) is 4.86. The third kappa shape index (κ3) is 5.90. The zero-order valence-electron chi connectivity index (χ0n) is 17.6. The monoisotopic (exact) mass is 470 g/mol. The van der Waals surface area contributed by atoms with Crippen LogP contribution < -0.4 is 5.43 Å². The van der Waals surface area contributed by atoms with Crippen molar-refractivity contribution in [2.24, 2.45) is 0 Å². The Morgan fingerprint density at radius 3 is 2.33 bits per heavy atom. The molecule has 2 N–H and O–H groups in total. The first-order chi connectivity index (χ1) is 15.3. The lowest BCUT2D eigenvalue weighted by Gasteiger charge is -2.37. The highest BCUT2D eigenvalue weighted by molar-refractivity contribution is 5.93. The summed E-state index contributed by atoms with van der Waals surface area (Å²) in [4.78, 5) is 16.4. The van der Waals surface area contributed by atoms with Gasteiger partial charge in [-0.3, -0.25) is 4.79 Å². The number of aliphatic hydroxyl groups is 1. The number of amides is 1. The summed E-state index contributed by atoms with van der Waals surface area (Å²) >= 11 is 0. The topological polar surface area (TPSA) is 80.0 Å². The Kier molecular flexibility index (Phi) is 6.52. The molecule has 0 saturated carbocycles. The van der Waals surface area contributed by atoms with Crippen LogP contribution in [-0.2, 0) is 18.3 Å². The van der Waals surface area contributed by atoms with Crippen molar-refractivity contribution in [2.45, 2.75) is 18.3 Å². The summed E-state index contributed by atoms with van der Waals surface area (Å²) in [5.41, 5.74) is -0.556. The van der Waals surface area contributed by atoms with Gasteiger partial charge in [-0.25, -0.2) is 23.0 Å². The van der Waals surface area contributed by atoms with E-state index in [-0.39, 0.29) is 24.2 Å². The quantitative estimate of drug-likeness (QED) is 0.316. The molecule has 0 spiro atoms. The molecule has 7 nitrogen and oxygen atoms in total. The molecule has 12 heteroatoms. The molecule has 1 aromatic heterocycles. The molecule has 0 aliphatic rings. The maximum atomic E-state index is 14.6. The van der Waals surface area contributed by atoms with Crippen molar-refractivity contribution in [3.05, 3.63) is 83.4 Å². The van der Waals surface area contributed by atoms with Crippen molar-refractivity contribution in [3.8, 4) is 0 Å². The first-order valence-corrected chi connectivity index (χ1v) is 9.62. The Morgan fingerprint density at radius 2 is 1.79 bits per heavy atom. The Morgan fingerprint density at radius 1 is 1.12 bits per heavy atom. The van der Waals surface area contributed by atoms with E-state index in [1.807, 2.05) is 0 Å². The number of rotatable bonds is 7. The second-order valence-corrected chi connectivity index (χ2v) is 8.11. The van der Waals surface area contributed by atoms with Gasteiger partial charge in [0, 0.05) is 17.2 Å². The third-order valence-corrected chi connectivity index (χ3v) is 4.86. The fraction of sp³-hybridized carbons (Fsp3) is 0.286. The molecule has 1 unspecified atom stereocenters. The highest BCUT2D eigenvalue weighted by atomic mass is 19.4. The van der Waals surface area contributed by atoms with Gasteiger partial charge in [0.05, 0.1) is 26.2 Å². The second kappa shape index (κ2) is 8.87. The van der Waals surface area contributed by atoms with Gasteiger partial charge in [0.2, 0.25) is 0 Å². The second-order valence-electron chi connectivity index (χ2n) is 8.11. The molecule has 0 radical (unpaired) electrons. The van der Waals surface area contributed by atoms with Crippen LogP contribution in [0.2, 0.25) is 0 Å². The van der Waals surface area contributed by atoms with Crippen LogP contribution in [0.5, 0.6) is 0 Å². The number of hydrogen-bond acceptors (Lipinski definition) is 4. The SMILES string of the molecule is C[N+](C)(CC(O)(Cn1cncn1)c1ccc(F)cc1F)NC(=O)c1ccc(C(F)(F)F)cc1. The number of halogens is 5. The van der Waals surface area contributed by atoms with Gasteiger partial charge in [-0.2, -0.15) is 23.7 Å². The Bertz CT molecular complexity index is 1120. The molecule has 1 amide bonds. The Balaban J connectivity index is 1.85. The van der Waals surface area contributed by atoms with Gasteiger partial charge in [-0.05, 0) is 36.4 Å². The van der Waals surface area contributed by atoms with Crippen LogP contribution in [-0.4, -0.2) is 51.0 Å². The minimum Gasteiger partial charge on any atom is -0.377 e. The van der Waals surface area contributed by atoms with E-state index in [9.17, 15) is 31.9 Å². The number of carbonyl (C=O) groups excluding carboxylic acids is 1. The largest absolute Gasteiger partial charge is 0.416 e. The number of nitrogens with zero attached hydrogens (tertiary/aromatic N) is 4. The number of nitrogens with one attached hydrogen (secondary N) is 1. The molecule has 33 heavy (non-hydrogen) atoms. The molecule has 2 aromatic carbocycles. The number of hydrogen-bond donors (Lipinski definition) is 2. The van der Waals surface area contributed by atoms with Gasteiger partial charge in [0.25, 0.3) is 5.91 Å². The summed E-state index contributed by atoms with van der Waals surface area (Å²) in [5.74, 6) is -2.54. The lowest BCUT2D eigenvalue weighted by molar-refractivity contribution is -0.931. The van der Waals surface area contributed by atoms with Crippen LogP contribution in [0.3, 0.4) is 0 Å². The summed E-state index contributed by atoms with van der Waals surface area (Å²) in [6.07, 6.45) is -2.03. The molecule has 176 valence electrons. The van der Waals surface area contributed by atoms with E-state index in [0.29, 0.717) is 6.07 Å². The molecule has 3 rings (SSSR count). The summed E-state index contributed by atoms with van der Waals surface area (Å²) in [7, 11) is 2.99. The zero-order chi connectivity index (χ0) is 24.4. The maximum Gasteiger partial charge on any atom is 0.416 e. The normalized spacial score (nSPS) is 14.1. The number of aromatic nitrogens is 3. The minimum absolute atomic E-state index is 0.0398. The van der Waals surface area contributed by atoms with E-state index in [2.05, 4.69) is 15.5 Å². The molecule has 0 saturated heterocycles. The van der Waals surface area contributed by atoms with E-state index in [0.717, 1.165) is 36.4 Å². The highest BCUT2D eigenvalue weighted by Gasteiger charge is 2.41. The smallest absolute Gasteiger partial charge is 0.377 e. The Labute approximate surface area is 185 Å². The lowest BCUT2D eigenvalue weighted by Crippen LogP contribution is -2.61. The number of quaternary nitrogens is 1. The molecule has 0 aliphatic carbocycles. The fourth-order valence-electron chi connectivity index (χ4n) is 3.51. The number of likely N-dealkylation sites (N-methyl/N-ethyl adjacent to an activating group) is 1. The van der Waals surface area contributed by atoms with Gasteiger partial charge in [-0.15, -0.1) is 0 Å². The average Bonchev–Trinajstić information content (AvgIpc) is 3.18. The zero-order valence-corrected chi connectivity index (χ0v) is 17.6. The lowest BCUT2D eigenvalue weighted by atomic mass is 9.92. The van der Waals surface area contributed by atoms with Crippen LogP contribution in [0.1, 0.15) is 21.5 Å². The highest BCUT2D eigenvalue weighted by Crippen LogP contribution is 2.30. The van der Waals surface area contributed by atoms with Gasteiger partial charge < -0.3 is 5.11 Å². The van der Waals surface area contributed by atoms with Crippen LogP contribution in [0, 0.1) is 11.6 Å². The number of benzene rings is 2. The maximum absolute atomic E-state index is 14.6. The molecule has 3 aromatic rings. The van der Waals surface area contributed by atoms with E-state index >= 15 is 0 Å². The van der Waals surface area contributed by atoms with E-state index in [1.54, 1.807) is 0 Å². The predicted molar refractivity (Wildman–Crippen MR) is 106 cm³/mol. The summed E-state index contributed by atoms with van der Waals surface area (Å²) in [6.45, 7) is -0.574. The molecule has 0 aliphatic heterocycles. The molecule has 1 atom stereocenters. The van der Waals surface area contributed by atoms with E-state index in [1.165, 1.54) is 31.4 Å². The standard InChI is InChI=1S/C21H20F5N5O2/c1-31(2,29-19(32)14-3-5-15(6-4-14)21(24,25)26)11-20(33,10-30-13-27-12-28-30)17-8-7-16(22)9-18(17)23/h3-9,12-13,33H,10-11H2,1-2H3/p+1. The van der Waals surface area contributed by atoms with Crippen LogP contribution in [0.25, 0.3) is 0 Å². The van der Waals surface area contributed by atoms with E-state index in [4.69, 9.17) is 0 Å². The summed E-state index contributed by atoms with van der Waals surface area (Å²) in [5, 5.41) is 15.3. The summed E-state index contributed by atoms with van der Waals surface area (Å²) in [6, 6.07) is 6.33. The average molecular weight is 470 g/mol. The minimum atomic E-state index is -4.54. The van der Waals surface area contributed by atoms with Crippen molar-refractivity contribution >= 4 is 5.91 Å². The van der Waals surface area contributed by atoms with Crippen molar-refractivity contribution < 1.29 is 36.4 Å².